The SMILES string of the molecule is CS(=O)(=O)c1cnc(N)nc1-c1cccc(N)c1. The number of hydrogen-bond acceptors (Lipinski definition) is 6. The van der Waals surface area contributed by atoms with Crippen molar-refractivity contribution in [2.45, 2.75) is 4.90 Å². The van der Waals surface area contributed by atoms with Gasteiger partial charge in [0.05, 0.1) is 11.9 Å². The zero-order valence-electron chi connectivity index (χ0n) is 9.66. The highest BCUT2D eigenvalue weighted by Gasteiger charge is 2.17. The number of rotatable bonds is 2. The molecule has 18 heavy (non-hydrogen) atoms. The average Bonchev–Trinajstić information content (AvgIpc) is 2.27. The largest absolute Gasteiger partial charge is 0.399 e. The first-order valence-corrected chi connectivity index (χ1v) is 6.95. The van der Waals surface area contributed by atoms with E-state index < -0.39 is 9.84 Å². The highest BCUT2D eigenvalue weighted by molar-refractivity contribution is 7.90. The molecule has 2 aromatic rings. The van der Waals surface area contributed by atoms with Crippen LogP contribution in [0.1, 0.15) is 0 Å². The molecule has 4 N–H and O–H groups in total. The molecule has 7 heteroatoms. The Hall–Kier alpha value is -2.15. The molecule has 6 nitrogen and oxygen atoms in total. The van der Waals surface area contributed by atoms with Gasteiger partial charge in [-0.3, -0.25) is 0 Å². The van der Waals surface area contributed by atoms with E-state index >= 15 is 0 Å². The number of hydrogen-bond donors (Lipinski definition) is 2. The first-order valence-electron chi connectivity index (χ1n) is 5.06. The number of sulfone groups is 1. The fourth-order valence-electron chi connectivity index (χ4n) is 1.55. The van der Waals surface area contributed by atoms with Crippen molar-refractivity contribution < 1.29 is 8.42 Å². The van der Waals surface area contributed by atoms with Gasteiger partial charge < -0.3 is 11.5 Å². The van der Waals surface area contributed by atoms with Crippen LogP contribution >= 0.6 is 0 Å². The van der Waals surface area contributed by atoms with Crippen molar-refractivity contribution in [3.63, 3.8) is 0 Å². The Morgan fingerprint density at radius 2 is 1.94 bits per heavy atom. The Kier molecular flexibility index (Phi) is 2.92. The molecule has 0 atom stereocenters. The van der Waals surface area contributed by atoms with Crippen LogP contribution in [0, 0.1) is 0 Å². The number of nitrogens with zero attached hydrogens (tertiary/aromatic N) is 2. The maximum atomic E-state index is 11.7. The number of benzene rings is 1. The van der Waals surface area contributed by atoms with Crippen molar-refractivity contribution in [1.82, 2.24) is 9.97 Å². The van der Waals surface area contributed by atoms with Crippen LogP contribution in [0.4, 0.5) is 11.6 Å². The van der Waals surface area contributed by atoms with Crippen LogP contribution in [0.5, 0.6) is 0 Å². The molecular formula is C11H12N4O2S. The van der Waals surface area contributed by atoms with E-state index in [0.717, 1.165) is 6.26 Å². The molecule has 2 rings (SSSR count). The average molecular weight is 264 g/mol. The van der Waals surface area contributed by atoms with E-state index in [1.54, 1.807) is 24.3 Å². The van der Waals surface area contributed by atoms with Gasteiger partial charge in [-0.05, 0) is 12.1 Å². The third-order valence-corrected chi connectivity index (χ3v) is 3.43. The number of anilines is 2. The molecule has 0 unspecified atom stereocenters. The third-order valence-electron chi connectivity index (χ3n) is 2.33. The highest BCUT2D eigenvalue weighted by Crippen LogP contribution is 2.26. The molecule has 1 heterocycles. The molecule has 0 saturated heterocycles. The van der Waals surface area contributed by atoms with Gasteiger partial charge >= 0.3 is 0 Å². The Labute approximate surface area is 105 Å². The topological polar surface area (TPSA) is 112 Å². The number of aromatic nitrogens is 2. The second-order valence-corrected chi connectivity index (χ2v) is 5.82. The van der Waals surface area contributed by atoms with Crippen molar-refractivity contribution in [3.8, 4) is 11.3 Å². The standard InChI is InChI=1S/C11H12N4O2S/c1-18(16,17)9-6-14-11(13)15-10(9)7-3-2-4-8(12)5-7/h2-6H,12H2,1H3,(H2,13,14,15). The molecule has 0 fully saturated rings. The maximum Gasteiger partial charge on any atom is 0.220 e. The second kappa shape index (κ2) is 4.26. The molecule has 0 spiro atoms. The van der Waals surface area contributed by atoms with Gasteiger partial charge in [0, 0.05) is 17.5 Å². The van der Waals surface area contributed by atoms with Crippen molar-refractivity contribution in [1.29, 1.82) is 0 Å². The van der Waals surface area contributed by atoms with Crippen LogP contribution in [0.3, 0.4) is 0 Å². The van der Waals surface area contributed by atoms with Gasteiger partial charge in [0.2, 0.25) is 5.95 Å². The summed E-state index contributed by atoms with van der Waals surface area (Å²) in [5.74, 6) is 0.0137. The Balaban J connectivity index is 2.74. The summed E-state index contributed by atoms with van der Waals surface area (Å²) < 4.78 is 23.3. The van der Waals surface area contributed by atoms with Crippen LogP contribution < -0.4 is 11.5 Å². The predicted molar refractivity (Wildman–Crippen MR) is 69.4 cm³/mol. The lowest BCUT2D eigenvalue weighted by Crippen LogP contribution is -2.06. The van der Waals surface area contributed by atoms with Gasteiger partial charge in [-0.1, -0.05) is 12.1 Å². The van der Waals surface area contributed by atoms with Gasteiger partial charge in [0.25, 0.3) is 0 Å². The molecule has 1 aromatic heterocycles. The predicted octanol–water partition coefficient (Wildman–Crippen LogP) is 0.712. The van der Waals surface area contributed by atoms with E-state index in [2.05, 4.69) is 9.97 Å². The smallest absolute Gasteiger partial charge is 0.220 e. The summed E-state index contributed by atoms with van der Waals surface area (Å²) in [5.41, 5.74) is 12.5. The zero-order chi connectivity index (χ0) is 13.3. The highest BCUT2D eigenvalue weighted by atomic mass is 32.2. The lowest BCUT2D eigenvalue weighted by molar-refractivity contribution is 0.601. The summed E-state index contributed by atoms with van der Waals surface area (Å²) in [6.45, 7) is 0. The first-order chi connectivity index (χ1) is 8.38. The molecule has 0 bridgehead atoms. The van der Waals surface area contributed by atoms with Crippen molar-refractivity contribution in [2.24, 2.45) is 0 Å². The number of nitrogen functional groups attached to an aromatic ring is 2. The van der Waals surface area contributed by atoms with E-state index in [0.29, 0.717) is 11.3 Å². The van der Waals surface area contributed by atoms with E-state index in [9.17, 15) is 8.42 Å². The summed E-state index contributed by atoms with van der Waals surface area (Å²) in [4.78, 5) is 7.72. The molecule has 0 aliphatic heterocycles. The van der Waals surface area contributed by atoms with Crippen molar-refractivity contribution in [3.05, 3.63) is 30.5 Å². The fourth-order valence-corrected chi connectivity index (χ4v) is 2.31. The molecule has 0 saturated carbocycles. The van der Waals surface area contributed by atoms with Gasteiger partial charge in [-0.25, -0.2) is 18.4 Å². The summed E-state index contributed by atoms with van der Waals surface area (Å²) in [6.07, 6.45) is 2.30. The molecular weight excluding hydrogens is 252 g/mol. The quantitative estimate of drug-likeness (QED) is 0.772. The van der Waals surface area contributed by atoms with E-state index in [-0.39, 0.29) is 16.5 Å². The van der Waals surface area contributed by atoms with Crippen molar-refractivity contribution in [2.75, 3.05) is 17.7 Å². The van der Waals surface area contributed by atoms with Crippen LogP contribution in [0.25, 0.3) is 11.3 Å². The maximum absolute atomic E-state index is 11.7. The summed E-state index contributed by atoms with van der Waals surface area (Å²) >= 11 is 0. The lowest BCUT2D eigenvalue weighted by Gasteiger charge is -2.08. The van der Waals surface area contributed by atoms with Gasteiger partial charge in [0.15, 0.2) is 9.84 Å². The Morgan fingerprint density at radius 3 is 2.56 bits per heavy atom. The minimum absolute atomic E-state index is 0.0137. The molecule has 1 aromatic carbocycles. The molecule has 0 aliphatic rings. The summed E-state index contributed by atoms with van der Waals surface area (Å²) in [7, 11) is -3.43. The monoisotopic (exact) mass is 264 g/mol. The van der Waals surface area contributed by atoms with E-state index in [4.69, 9.17) is 11.5 Å². The van der Waals surface area contributed by atoms with Crippen molar-refractivity contribution >= 4 is 21.5 Å². The van der Waals surface area contributed by atoms with Gasteiger partial charge in [0.1, 0.15) is 4.90 Å². The lowest BCUT2D eigenvalue weighted by atomic mass is 10.1. The summed E-state index contributed by atoms with van der Waals surface area (Å²) in [6, 6.07) is 6.77. The number of nitrogens with two attached hydrogens (primary N) is 2. The zero-order valence-corrected chi connectivity index (χ0v) is 10.5. The van der Waals surface area contributed by atoms with Crippen LogP contribution in [-0.2, 0) is 9.84 Å². The molecule has 0 radical (unpaired) electrons. The third kappa shape index (κ3) is 2.40. The van der Waals surface area contributed by atoms with Crippen LogP contribution in [0.2, 0.25) is 0 Å². The van der Waals surface area contributed by atoms with Crippen LogP contribution in [0.15, 0.2) is 35.4 Å². The molecule has 0 aliphatic carbocycles. The Bertz CT molecular complexity index is 698. The minimum Gasteiger partial charge on any atom is -0.399 e. The minimum atomic E-state index is -3.43. The van der Waals surface area contributed by atoms with E-state index in [1.807, 2.05) is 0 Å². The van der Waals surface area contributed by atoms with Gasteiger partial charge in [-0.15, -0.1) is 0 Å². The van der Waals surface area contributed by atoms with E-state index in [1.165, 1.54) is 6.20 Å². The first kappa shape index (κ1) is 12.3. The normalized spacial score (nSPS) is 11.4. The molecule has 94 valence electrons. The fraction of sp³-hybridized carbons (Fsp3) is 0.0909. The molecule has 0 amide bonds. The van der Waals surface area contributed by atoms with Gasteiger partial charge in [-0.2, -0.15) is 0 Å². The van der Waals surface area contributed by atoms with Crippen LogP contribution in [-0.4, -0.2) is 24.6 Å². The second-order valence-electron chi connectivity index (χ2n) is 3.84. The summed E-state index contributed by atoms with van der Waals surface area (Å²) in [5, 5.41) is 0. The Morgan fingerprint density at radius 1 is 1.22 bits per heavy atom.